The van der Waals surface area contributed by atoms with Gasteiger partial charge in [-0.2, -0.15) is 0 Å². The Labute approximate surface area is 160 Å². The molecule has 2 rings (SSSR count). The van der Waals surface area contributed by atoms with Gasteiger partial charge >= 0.3 is 0 Å². The minimum Gasteiger partial charge on any atom is -0.396 e. The predicted molar refractivity (Wildman–Crippen MR) is 101 cm³/mol. The van der Waals surface area contributed by atoms with Gasteiger partial charge in [-0.05, 0) is 38.6 Å². The van der Waals surface area contributed by atoms with Crippen LogP contribution in [0.25, 0.3) is 0 Å². The van der Waals surface area contributed by atoms with Gasteiger partial charge in [0, 0.05) is 39.8 Å². The lowest BCUT2D eigenvalue weighted by Gasteiger charge is -2.43. The number of nitrogens with zero attached hydrogens (tertiary/aromatic N) is 3. The third-order valence-corrected chi connectivity index (χ3v) is 5.39. The van der Waals surface area contributed by atoms with Crippen LogP contribution in [0.1, 0.15) is 32.1 Å². The number of hydrogen-bond acceptors (Lipinski definition) is 6. The van der Waals surface area contributed by atoms with Crippen LogP contribution in [0.15, 0.2) is 0 Å². The van der Waals surface area contributed by atoms with Crippen molar-refractivity contribution in [2.45, 2.75) is 44.2 Å². The van der Waals surface area contributed by atoms with Gasteiger partial charge in [0.05, 0.1) is 0 Å². The molecule has 2 heterocycles. The van der Waals surface area contributed by atoms with Crippen molar-refractivity contribution < 1.29 is 19.5 Å². The average molecular weight is 383 g/mol. The van der Waals surface area contributed by atoms with Crippen molar-refractivity contribution in [3.05, 3.63) is 0 Å². The van der Waals surface area contributed by atoms with E-state index in [-0.39, 0.29) is 30.9 Å². The number of aliphatic hydroxyl groups excluding tert-OH is 1. The summed E-state index contributed by atoms with van der Waals surface area (Å²) in [6.07, 6.45) is 2.84. The summed E-state index contributed by atoms with van der Waals surface area (Å²) in [5.41, 5.74) is 5.59. The van der Waals surface area contributed by atoms with Gasteiger partial charge in [-0.1, -0.05) is 0 Å². The van der Waals surface area contributed by atoms with Crippen LogP contribution in [0.2, 0.25) is 0 Å². The van der Waals surface area contributed by atoms with E-state index in [0.717, 1.165) is 25.9 Å². The van der Waals surface area contributed by atoms with E-state index in [1.807, 2.05) is 0 Å². The fourth-order valence-electron chi connectivity index (χ4n) is 3.72. The molecule has 4 N–H and O–H groups in total. The van der Waals surface area contributed by atoms with Crippen molar-refractivity contribution in [1.29, 1.82) is 0 Å². The second-order valence-corrected chi connectivity index (χ2v) is 7.23. The minimum absolute atomic E-state index is 0.0363. The van der Waals surface area contributed by atoms with E-state index in [1.165, 1.54) is 9.80 Å². The minimum atomic E-state index is -0.628. The van der Waals surface area contributed by atoms with Crippen LogP contribution in [-0.2, 0) is 14.4 Å². The summed E-state index contributed by atoms with van der Waals surface area (Å²) >= 11 is 0. The van der Waals surface area contributed by atoms with Gasteiger partial charge in [0.1, 0.15) is 18.6 Å². The number of aliphatic hydroxyl groups is 1. The van der Waals surface area contributed by atoms with Crippen molar-refractivity contribution in [2.75, 3.05) is 52.9 Å². The number of nitrogens with two attached hydrogens (primary N) is 1. The Morgan fingerprint density at radius 1 is 1.26 bits per heavy atom. The topological polar surface area (TPSA) is 119 Å². The molecule has 2 aliphatic heterocycles. The summed E-state index contributed by atoms with van der Waals surface area (Å²) in [6.45, 7) is 3.10. The van der Waals surface area contributed by atoms with Crippen molar-refractivity contribution >= 4 is 17.7 Å². The smallest absolute Gasteiger partial charge is 0.246 e. The molecule has 0 aromatic carbocycles. The van der Waals surface area contributed by atoms with E-state index in [0.29, 0.717) is 38.9 Å². The highest BCUT2D eigenvalue weighted by molar-refractivity contribution is 5.98. The lowest BCUT2D eigenvalue weighted by atomic mass is 10.00. The summed E-state index contributed by atoms with van der Waals surface area (Å²) in [6, 6.07) is -1.25. The van der Waals surface area contributed by atoms with Gasteiger partial charge in [0.25, 0.3) is 0 Å². The number of hydrogen-bond donors (Lipinski definition) is 3. The molecule has 9 heteroatoms. The molecule has 2 saturated heterocycles. The standard InChI is InChI=1S/C18H33N5O4/c1-21-14(6-4-12-24)18(27)23(13-16(21)25)15(5-2-3-7-19)17(26)22-10-8-20-9-11-22/h14-15,20,24H,2-13,19H2,1H3/t14-,15?/m0/s1. The first kappa shape index (κ1) is 21.6. The summed E-state index contributed by atoms with van der Waals surface area (Å²) < 4.78 is 0. The first-order valence-electron chi connectivity index (χ1n) is 9.87. The van der Waals surface area contributed by atoms with E-state index >= 15 is 0 Å². The van der Waals surface area contributed by atoms with E-state index in [4.69, 9.17) is 10.8 Å². The molecule has 3 amide bonds. The number of rotatable bonds is 9. The zero-order valence-electron chi connectivity index (χ0n) is 16.2. The number of nitrogens with one attached hydrogen (secondary N) is 1. The molecule has 0 aromatic rings. The lowest BCUT2D eigenvalue weighted by Crippen LogP contribution is -2.64. The monoisotopic (exact) mass is 383 g/mol. The Balaban J connectivity index is 2.19. The zero-order valence-corrected chi connectivity index (χ0v) is 16.2. The highest BCUT2D eigenvalue weighted by Crippen LogP contribution is 2.21. The molecule has 0 spiro atoms. The van der Waals surface area contributed by atoms with Gasteiger partial charge in [0.15, 0.2) is 0 Å². The Morgan fingerprint density at radius 3 is 2.59 bits per heavy atom. The molecule has 0 aromatic heterocycles. The third-order valence-electron chi connectivity index (χ3n) is 5.39. The fourth-order valence-corrected chi connectivity index (χ4v) is 3.72. The van der Waals surface area contributed by atoms with Crippen molar-refractivity contribution in [2.24, 2.45) is 5.73 Å². The normalized spacial score (nSPS) is 22.3. The van der Waals surface area contributed by atoms with Gasteiger partial charge < -0.3 is 30.9 Å². The maximum Gasteiger partial charge on any atom is 0.246 e. The number of likely N-dealkylation sites (N-methyl/N-ethyl adjacent to an activating group) is 1. The third kappa shape index (κ3) is 5.40. The molecule has 2 fully saturated rings. The van der Waals surface area contributed by atoms with E-state index < -0.39 is 12.1 Å². The molecule has 2 atom stereocenters. The van der Waals surface area contributed by atoms with Gasteiger partial charge in [-0.15, -0.1) is 0 Å². The molecule has 0 saturated carbocycles. The van der Waals surface area contributed by atoms with Crippen molar-refractivity contribution in [1.82, 2.24) is 20.0 Å². The number of unbranched alkanes of at least 4 members (excludes halogenated alkanes) is 1. The molecule has 2 aliphatic rings. The maximum atomic E-state index is 13.2. The number of carbonyl (C=O) groups is 3. The van der Waals surface area contributed by atoms with E-state index in [1.54, 1.807) is 11.9 Å². The Kier molecular flexibility index (Phi) is 8.46. The molecule has 9 nitrogen and oxygen atoms in total. The molecular weight excluding hydrogens is 350 g/mol. The highest BCUT2D eigenvalue weighted by atomic mass is 16.3. The molecule has 27 heavy (non-hydrogen) atoms. The first-order valence-corrected chi connectivity index (χ1v) is 9.87. The summed E-state index contributed by atoms with van der Waals surface area (Å²) in [5, 5.41) is 12.3. The van der Waals surface area contributed by atoms with Crippen molar-refractivity contribution in [3.63, 3.8) is 0 Å². The molecule has 0 aliphatic carbocycles. The summed E-state index contributed by atoms with van der Waals surface area (Å²) in [4.78, 5) is 43.4. The largest absolute Gasteiger partial charge is 0.396 e. The first-order chi connectivity index (χ1) is 13.0. The lowest BCUT2D eigenvalue weighted by molar-refractivity contribution is -0.161. The van der Waals surface area contributed by atoms with Crippen LogP contribution >= 0.6 is 0 Å². The quantitative estimate of drug-likeness (QED) is 0.411. The zero-order chi connectivity index (χ0) is 19.8. The SMILES string of the molecule is CN1C(=O)CN(C(CCCCN)C(=O)N2CCNCC2)C(=O)[C@@H]1CCCO. The molecule has 154 valence electrons. The summed E-state index contributed by atoms with van der Waals surface area (Å²) in [7, 11) is 1.61. The predicted octanol–water partition coefficient (Wildman–Crippen LogP) is -1.64. The second-order valence-electron chi connectivity index (χ2n) is 7.23. The molecular formula is C18H33N5O4. The average Bonchev–Trinajstić information content (AvgIpc) is 2.69. The van der Waals surface area contributed by atoms with Crippen LogP contribution in [0.5, 0.6) is 0 Å². The van der Waals surface area contributed by atoms with Crippen molar-refractivity contribution in [3.8, 4) is 0 Å². The highest BCUT2D eigenvalue weighted by Gasteiger charge is 2.42. The number of carbonyl (C=O) groups excluding carboxylic acids is 3. The van der Waals surface area contributed by atoms with E-state index in [2.05, 4.69) is 5.32 Å². The summed E-state index contributed by atoms with van der Waals surface area (Å²) in [5.74, 6) is -0.457. The molecule has 0 radical (unpaired) electrons. The van der Waals surface area contributed by atoms with Crippen LogP contribution in [0, 0.1) is 0 Å². The van der Waals surface area contributed by atoms with Gasteiger partial charge in [-0.25, -0.2) is 0 Å². The van der Waals surface area contributed by atoms with Crippen LogP contribution in [0.4, 0.5) is 0 Å². The van der Waals surface area contributed by atoms with Gasteiger partial charge in [-0.3, -0.25) is 14.4 Å². The molecule has 0 bridgehead atoms. The Hall–Kier alpha value is -1.71. The fraction of sp³-hybridized carbons (Fsp3) is 0.833. The second kappa shape index (κ2) is 10.6. The van der Waals surface area contributed by atoms with Crippen LogP contribution in [0.3, 0.4) is 0 Å². The van der Waals surface area contributed by atoms with Crippen LogP contribution in [-0.4, -0.2) is 103 Å². The van der Waals surface area contributed by atoms with Crippen LogP contribution < -0.4 is 11.1 Å². The maximum absolute atomic E-state index is 13.2. The molecule has 1 unspecified atom stereocenters. The van der Waals surface area contributed by atoms with Gasteiger partial charge in [0.2, 0.25) is 17.7 Å². The Morgan fingerprint density at radius 2 is 1.96 bits per heavy atom. The Bertz CT molecular complexity index is 524. The number of piperazine rings is 2. The number of amides is 3. The van der Waals surface area contributed by atoms with E-state index in [9.17, 15) is 14.4 Å².